The Balaban J connectivity index is 2.29. The molecule has 2 nitrogen and oxygen atoms in total. The van der Waals surface area contributed by atoms with Crippen LogP contribution in [0.2, 0.25) is 0 Å². The summed E-state index contributed by atoms with van der Waals surface area (Å²) < 4.78 is 5.48. The molecule has 2 aromatic rings. The summed E-state index contributed by atoms with van der Waals surface area (Å²) in [6.45, 7) is 6.09. The van der Waals surface area contributed by atoms with E-state index in [0.29, 0.717) is 0 Å². The standard InChI is InChI=1S/C14H17NO/c1-3-10(2)8-13(15)12-9-16-14-7-5-4-6-11(12)14/h4-7,9,13H,2-3,8,15H2,1H3. The second-order valence-corrected chi connectivity index (χ2v) is 4.10. The molecular weight excluding hydrogens is 198 g/mol. The first-order chi connectivity index (χ1) is 7.72. The molecule has 1 heterocycles. The lowest BCUT2D eigenvalue weighted by atomic mass is 9.99. The van der Waals surface area contributed by atoms with Crippen LogP contribution in [-0.2, 0) is 0 Å². The van der Waals surface area contributed by atoms with E-state index in [0.717, 1.165) is 29.4 Å². The molecule has 1 aromatic carbocycles. The molecule has 2 N–H and O–H groups in total. The van der Waals surface area contributed by atoms with Crippen molar-refractivity contribution in [1.29, 1.82) is 0 Å². The van der Waals surface area contributed by atoms with Crippen molar-refractivity contribution in [2.24, 2.45) is 5.73 Å². The van der Waals surface area contributed by atoms with Crippen LogP contribution in [0.1, 0.15) is 31.4 Å². The Bertz CT molecular complexity index is 498. The average molecular weight is 215 g/mol. The fourth-order valence-corrected chi connectivity index (χ4v) is 1.85. The molecule has 0 radical (unpaired) electrons. The smallest absolute Gasteiger partial charge is 0.134 e. The molecule has 1 aromatic heterocycles. The summed E-state index contributed by atoms with van der Waals surface area (Å²) in [5, 5.41) is 1.11. The van der Waals surface area contributed by atoms with Crippen molar-refractivity contribution in [3.05, 3.63) is 48.2 Å². The Kier molecular flexibility index (Phi) is 3.11. The highest BCUT2D eigenvalue weighted by molar-refractivity contribution is 5.81. The molecule has 0 amide bonds. The number of hydrogen-bond acceptors (Lipinski definition) is 2. The number of nitrogens with two attached hydrogens (primary N) is 1. The van der Waals surface area contributed by atoms with Crippen LogP contribution in [-0.4, -0.2) is 0 Å². The fraction of sp³-hybridized carbons (Fsp3) is 0.286. The fourth-order valence-electron chi connectivity index (χ4n) is 1.85. The van der Waals surface area contributed by atoms with Crippen molar-refractivity contribution >= 4 is 11.0 Å². The van der Waals surface area contributed by atoms with Gasteiger partial charge in [-0.2, -0.15) is 0 Å². The van der Waals surface area contributed by atoms with Crippen LogP contribution in [0.15, 0.2) is 47.1 Å². The first-order valence-electron chi connectivity index (χ1n) is 5.60. The van der Waals surface area contributed by atoms with E-state index in [1.165, 1.54) is 5.57 Å². The Morgan fingerprint density at radius 1 is 1.44 bits per heavy atom. The van der Waals surface area contributed by atoms with Crippen LogP contribution >= 0.6 is 0 Å². The molecule has 2 heteroatoms. The van der Waals surface area contributed by atoms with Crippen LogP contribution in [0.5, 0.6) is 0 Å². The maximum Gasteiger partial charge on any atom is 0.134 e. The molecule has 1 unspecified atom stereocenters. The number of para-hydroxylation sites is 1. The van der Waals surface area contributed by atoms with E-state index in [9.17, 15) is 0 Å². The van der Waals surface area contributed by atoms with E-state index in [4.69, 9.17) is 10.2 Å². The van der Waals surface area contributed by atoms with Gasteiger partial charge in [0.2, 0.25) is 0 Å². The average Bonchev–Trinajstić information content (AvgIpc) is 2.72. The van der Waals surface area contributed by atoms with E-state index in [1.807, 2.05) is 24.3 Å². The molecule has 1 atom stereocenters. The number of benzene rings is 1. The molecule has 2 rings (SSSR count). The number of fused-ring (bicyclic) bond motifs is 1. The summed E-state index contributed by atoms with van der Waals surface area (Å²) in [6, 6.07) is 7.95. The monoisotopic (exact) mass is 215 g/mol. The zero-order chi connectivity index (χ0) is 11.5. The van der Waals surface area contributed by atoms with Gasteiger partial charge in [-0.05, 0) is 18.9 Å². The summed E-state index contributed by atoms with van der Waals surface area (Å²) >= 11 is 0. The van der Waals surface area contributed by atoms with Gasteiger partial charge in [0, 0.05) is 17.0 Å². The third-order valence-electron chi connectivity index (χ3n) is 2.92. The Hall–Kier alpha value is -1.54. The van der Waals surface area contributed by atoms with Crippen molar-refractivity contribution in [2.45, 2.75) is 25.8 Å². The SMILES string of the molecule is C=C(CC)CC(N)c1coc2ccccc12. The Labute approximate surface area is 95.7 Å². The number of hydrogen-bond donors (Lipinski definition) is 1. The Morgan fingerprint density at radius 3 is 2.94 bits per heavy atom. The van der Waals surface area contributed by atoms with E-state index in [1.54, 1.807) is 6.26 Å². The number of furan rings is 1. The second-order valence-electron chi connectivity index (χ2n) is 4.10. The third-order valence-corrected chi connectivity index (χ3v) is 2.92. The molecule has 0 bridgehead atoms. The van der Waals surface area contributed by atoms with Gasteiger partial charge in [0.25, 0.3) is 0 Å². The molecule has 0 aliphatic heterocycles. The van der Waals surface area contributed by atoms with Gasteiger partial charge < -0.3 is 10.2 Å². The molecule has 0 saturated carbocycles. The third kappa shape index (κ3) is 2.02. The molecule has 84 valence electrons. The molecular formula is C14H17NO. The van der Waals surface area contributed by atoms with Gasteiger partial charge in [-0.15, -0.1) is 0 Å². The zero-order valence-corrected chi connectivity index (χ0v) is 9.57. The minimum Gasteiger partial charge on any atom is -0.464 e. The van der Waals surface area contributed by atoms with Crippen molar-refractivity contribution in [2.75, 3.05) is 0 Å². The predicted octanol–water partition coefficient (Wildman–Crippen LogP) is 3.79. The summed E-state index contributed by atoms with van der Waals surface area (Å²) in [5.41, 5.74) is 9.31. The van der Waals surface area contributed by atoms with E-state index < -0.39 is 0 Å². The maximum atomic E-state index is 6.16. The summed E-state index contributed by atoms with van der Waals surface area (Å²) in [4.78, 5) is 0. The first-order valence-corrected chi connectivity index (χ1v) is 5.60. The molecule has 0 spiro atoms. The highest BCUT2D eigenvalue weighted by Crippen LogP contribution is 2.28. The van der Waals surface area contributed by atoms with Gasteiger partial charge in [-0.1, -0.05) is 37.3 Å². The molecule has 0 aliphatic carbocycles. The summed E-state index contributed by atoms with van der Waals surface area (Å²) in [5.74, 6) is 0. The van der Waals surface area contributed by atoms with Gasteiger partial charge in [0.05, 0.1) is 6.26 Å². The molecule has 0 fully saturated rings. The van der Waals surface area contributed by atoms with Crippen molar-refractivity contribution in [3.63, 3.8) is 0 Å². The second kappa shape index (κ2) is 4.54. The van der Waals surface area contributed by atoms with Gasteiger partial charge in [-0.25, -0.2) is 0 Å². The van der Waals surface area contributed by atoms with Gasteiger partial charge in [0.1, 0.15) is 5.58 Å². The lowest BCUT2D eigenvalue weighted by Crippen LogP contribution is -2.10. The van der Waals surface area contributed by atoms with Crippen LogP contribution in [0, 0.1) is 0 Å². The van der Waals surface area contributed by atoms with Crippen molar-refractivity contribution in [3.8, 4) is 0 Å². The van der Waals surface area contributed by atoms with Crippen LogP contribution in [0.25, 0.3) is 11.0 Å². The molecule has 16 heavy (non-hydrogen) atoms. The lowest BCUT2D eigenvalue weighted by Gasteiger charge is -2.10. The van der Waals surface area contributed by atoms with E-state index in [-0.39, 0.29) is 6.04 Å². The van der Waals surface area contributed by atoms with Crippen molar-refractivity contribution < 1.29 is 4.42 Å². The van der Waals surface area contributed by atoms with Crippen LogP contribution in [0.3, 0.4) is 0 Å². The highest BCUT2D eigenvalue weighted by Gasteiger charge is 2.13. The van der Waals surface area contributed by atoms with Gasteiger partial charge in [0.15, 0.2) is 0 Å². The largest absolute Gasteiger partial charge is 0.464 e. The van der Waals surface area contributed by atoms with E-state index in [2.05, 4.69) is 13.5 Å². The summed E-state index contributed by atoms with van der Waals surface area (Å²) in [7, 11) is 0. The zero-order valence-electron chi connectivity index (χ0n) is 9.57. The van der Waals surface area contributed by atoms with Crippen LogP contribution < -0.4 is 5.73 Å². The maximum absolute atomic E-state index is 6.16. The number of rotatable bonds is 4. The highest BCUT2D eigenvalue weighted by atomic mass is 16.3. The predicted molar refractivity (Wildman–Crippen MR) is 67.2 cm³/mol. The Morgan fingerprint density at radius 2 is 2.19 bits per heavy atom. The van der Waals surface area contributed by atoms with Crippen LogP contribution in [0.4, 0.5) is 0 Å². The van der Waals surface area contributed by atoms with E-state index >= 15 is 0 Å². The minimum absolute atomic E-state index is 0.0175. The topological polar surface area (TPSA) is 39.2 Å². The quantitative estimate of drug-likeness (QED) is 0.788. The normalized spacial score (nSPS) is 12.9. The summed E-state index contributed by atoms with van der Waals surface area (Å²) in [6.07, 6.45) is 3.56. The van der Waals surface area contributed by atoms with Gasteiger partial charge in [-0.3, -0.25) is 0 Å². The minimum atomic E-state index is -0.0175. The lowest BCUT2D eigenvalue weighted by molar-refractivity contribution is 0.597. The molecule has 0 saturated heterocycles. The molecule has 0 aliphatic rings. The van der Waals surface area contributed by atoms with Gasteiger partial charge >= 0.3 is 0 Å². The first kappa shape index (κ1) is 11.0. The van der Waals surface area contributed by atoms with Crippen molar-refractivity contribution in [1.82, 2.24) is 0 Å².